The molecule has 0 saturated carbocycles. The van der Waals surface area contributed by atoms with Crippen molar-refractivity contribution in [2.24, 2.45) is 0 Å². The van der Waals surface area contributed by atoms with Crippen molar-refractivity contribution in [3.63, 3.8) is 0 Å². The van der Waals surface area contributed by atoms with Crippen LogP contribution in [0.2, 0.25) is 0 Å². The third-order valence-corrected chi connectivity index (χ3v) is 2.52. The van der Waals surface area contributed by atoms with Crippen molar-refractivity contribution in [1.29, 1.82) is 0 Å². The van der Waals surface area contributed by atoms with Crippen LogP contribution in [0.25, 0.3) is 0 Å². The lowest BCUT2D eigenvalue weighted by Gasteiger charge is -2.13. The average Bonchev–Trinajstić information content (AvgIpc) is 2.04. The van der Waals surface area contributed by atoms with Crippen molar-refractivity contribution in [3.05, 3.63) is 35.1 Å². The topological polar surface area (TPSA) is 57.5 Å². The van der Waals surface area contributed by atoms with Crippen molar-refractivity contribution in [1.82, 2.24) is 0 Å². The van der Waals surface area contributed by atoms with E-state index < -0.39 is 36.9 Å². The number of hydrogen-bond donors (Lipinski definition) is 2. The van der Waals surface area contributed by atoms with E-state index in [1.165, 1.54) is 0 Å². The Morgan fingerprint density at radius 3 is 2.25 bits per heavy atom. The predicted octanol–water partition coefficient (Wildman–Crippen LogP) is 2.52. The highest BCUT2D eigenvalue weighted by Crippen LogP contribution is 2.43. The summed E-state index contributed by atoms with van der Waals surface area (Å²) < 4.78 is 60.8. The molecule has 0 saturated heterocycles. The van der Waals surface area contributed by atoms with Crippen LogP contribution in [0.3, 0.4) is 0 Å². The van der Waals surface area contributed by atoms with Gasteiger partial charge in [0.1, 0.15) is 5.82 Å². The van der Waals surface area contributed by atoms with E-state index in [-0.39, 0.29) is 0 Å². The smallest absolute Gasteiger partial charge is 0.324 e. The van der Waals surface area contributed by atoms with E-state index in [4.69, 9.17) is 9.79 Å². The molecule has 1 aromatic rings. The molecule has 90 valence electrons. The molecule has 2 N–H and O–H groups in total. The fraction of sp³-hybridized carbons (Fsp3) is 0.250. The van der Waals surface area contributed by atoms with Crippen LogP contribution < -0.4 is 0 Å². The predicted molar refractivity (Wildman–Crippen MR) is 47.2 cm³/mol. The van der Waals surface area contributed by atoms with E-state index in [2.05, 4.69) is 0 Å². The fourth-order valence-corrected chi connectivity index (χ4v) is 1.92. The molecule has 8 heteroatoms. The van der Waals surface area contributed by atoms with Gasteiger partial charge in [0.25, 0.3) is 0 Å². The molecule has 16 heavy (non-hydrogen) atoms. The minimum Gasteiger partial charge on any atom is -0.324 e. The quantitative estimate of drug-likeness (QED) is 0.633. The maximum Gasteiger partial charge on any atom is 0.416 e. The molecule has 0 radical (unpaired) electrons. The molecule has 3 nitrogen and oxygen atoms in total. The van der Waals surface area contributed by atoms with E-state index in [0.717, 1.165) is 12.1 Å². The van der Waals surface area contributed by atoms with Gasteiger partial charge in [-0.15, -0.1) is 0 Å². The second kappa shape index (κ2) is 4.16. The average molecular weight is 258 g/mol. The maximum absolute atomic E-state index is 13.1. The molecular weight excluding hydrogens is 251 g/mol. The van der Waals surface area contributed by atoms with Gasteiger partial charge >= 0.3 is 13.8 Å². The molecule has 0 heterocycles. The van der Waals surface area contributed by atoms with Crippen LogP contribution in [0.15, 0.2) is 18.2 Å². The van der Waals surface area contributed by atoms with Crippen LogP contribution >= 0.6 is 7.60 Å². The molecule has 0 amide bonds. The first-order valence-electron chi connectivity index (χ1n) is 4.00. The Kier molecular flexibility index (Phi) is 3.42. The van der Waals surface area contributed by atoms with Crippen LogP contribution in [0.1, 0.15) is 11.1 Å². The largest absolute Gasteiger partial charge is 0.416 e. The van der Waals surface area contributed by atoms with Gasteiger partial charge in [0.15, 0.2) is 0 Å². The summed E-state index contributed by atoms with van der Waals surface area (Å²) in [5.74, 6) is -1.28. The van der Waals surface area contributed by atoms with Crippen LogP contribution in [0.5, 0.6) is 0 Å². The van der Waals surface area contributed by atoms with E-state index >= 15 is 0 Å². The number of hydrogen-bond acceptors (Lipinski definition) is 1. The standard InChI is InChI=1S/C8H7F4O3P/c9-7-3-1-2-6(8(10,11)12)5(7)4-16(13,14)15/h1-3H,4H2,(H2,13,14,15). The maximum atomic E-state index is 13.1. The highest BCUT2D eigenvalue weighted by molar-refractivity contribution is 7.50. The summed E-state index contributed by atoms with van der Waals surface area (Å²) >= 11 is 0. The van der Waals surface area contributed by atoms with Gasteiger partial charge in [-0.1, -0.05) is 6.07 Å². The number of halogens is 4. The van der Waals surface area contributed by atoms with Crippen LogP contribution in [0.4, 0.5) is 17.6 Å². The number of rotatable bonds is 2. The van der Waals surface area contributed by atoms with Crippen LogP contribution in [-0.2, 0) is 16.9 Å². The van der Waals surface area contributed by atoms with E-state index in [9.17, 15) is 22.1 Å². The summed E-state index contributed by atoms with van der Waals surface area (Å²) in [4.78, 5) is 17.1. The monoisotopic (exact) mass is 258 g/mol. The molecule has 0 aliphatic carbocycles. The lowest BCUT2D eigenvalue weighted by atomic mass is 10.1. The molecule has 0 bridgehead atoms. The highest BCUT2D eigenvalue weighted by atomic mass is 31.2. The van der Waals surface area contributed by atoms with Crippen LogP contribution in [-0.4, -0.2) is 9.79 Å². The number of benzene rings is 1. The Morgan fingerprint density at radius 1 is 1.25 bits per heavy atom. The SMILES string of the molecule is O=P(O)(O)Cc1c(F)cccc1C(F)(F)F. The minimum absolute atomic E-state index is 0.577. The summed E-state index contributed by atoms with van der Waals surface area (Å²) in [6.07, 6.45) is -6.11. The van der Waals surface area contributed by atoms with Gasteiger partial charge in [-0.25, -0.2) is 4.39 Å². The molecule has 0 aromatic heterocycles. The molecule has 0 aliphatic rings. The summed E-state index contributed by atoms with van der Waals surface area (Å²) in [6.45, 7) is 0. The van der Waals surface area contributed by atoms with E-state index in [1.54, 1.807) is 0 Å². The van der Waals surface area contributed by atoms with Crippen molar-refractivity contribution in [2.75, 3.05) is 0 Å². The zero-order valence-corrected chi connectivity index (χ0v) is 8.60. The molecule has 0 unspecified atom stereocenters. The summed E-state index contributed by atoms with van der Waals surface area (Å²) in [6, 6.07) is 2.13. The van der Waals surface area contributed by atoms with E-state index in [1.807, 2.05) is 0 Å². The first kappa shape index (κ1) is 13.2. The van der Waals surface area contributed by atoms with Gasteiger partial charge in [-0.2, -0.15) is 13.2 Å². The zero-order chi connectivity index (χ0) is 12.6. The van der Waals surface area contributed by atoms with Crippen LogP contribution in [0, 0.1) is 5.82 Å². The van der Waals surface area contributed by atoms with E-state index in [0.29, 0.717) is 6.07 Å². The van der Waals surface area contributed by atoms with Gasteiger partial charge in [-0.3, -0.25) is 4.57 Å². The molecule has 1 aromatic carbocycles. The molecule has 0 aliphatic heterocycles. The Balaban J connectivity index is 3.30. The normalized spacial score (nSPS) is 12.9. The lowest BCUT2D eigenvalue weighted by Crippen LogP contribution is -2.11. The lowest BCUT2D eigenvalue weighted by molar-refractivity contribution is -0.138. The fourth-order valence-electron chi connectivity index (χ4n) is 1.19. The first-order valence-corrected chi connectivity index (χ1v) is 5.80. The first-order chi connectivity index (χ1) is 7.11. The Labute approximate surface area is 87.9 Å². The van der Waals surface area contributed by atoms with Gasteiger partial charge < -0.3 is 9.79 Å². The highest BCUT2D eigenvalue weighted by Gasteiger charge is 2.36. The van der Waals surface area contributed by atoms with Crippen molar-refractivity contribution < 1.29 is 31.9 Å². The van der Waals surface area contributed by atoms with Gasteiger partial charge in [0.05, 0.1) is 11.7 Å². The second-order valence-corrected chi connectivity index (χ2v) is 4.73. The zero-order valence-electron chi connectivity index (χ0n) is 7.70. The van der Waals surface area contributed by atoms with Crippen molar-refractivity contribution in [2.45, 2.75) is 12.3 Å². The summed E-state index contributed by atoms with van der Waals surface area (Å²) in [5, 5.41) is 0. The Hall–Kier alpha value is -0.910. The van der Waals surface area contributed by atoms with Gasteiger partial charge in [0.2, 0.25) is 0 Å². The molecular formula is C8H7F4O3P. The summed E-state index contributed by atoms with van der Waals surface area (Å²) in [5.41, 5.74) is -2.38. The molecule has 0 atom stereocenters. The van der Waals surface area contributed by atoms with Crippen molar-refractivity contribution in [3.8, 4) is 0 Å². The number of alkyl halides is 3. The third kappa shape index (κ3) is 3.30. The molecule has 0 spiro atoms. The second-order valence-electron chi connectivity index (χ2n) is 3.09. The Morgan fingerprint density at radius 2 is 1.81 bits per heavy atom. The molecule has 0 fully saturated rings. The molecule has 1 rings (SSSR count). The third-order valence-electron chi connectivity index (χ3n) is 1.79. The summed E-state index contributed by atoms with van der Waals surface area (Å²) in [7, 11) is -4.75. The minimum atomic E-state index is -4.84. The van der Waals surface area contributed by atoms with Gasteiger partial charge in [-0.05, 0) is 12.1 Å². The van der Waals surface area contributed by atoms with Crippen molar-refractivity contribution >= 4 is 7.60 Å². The van der Waals surface area contributed by atoms with Gasteiger partial charge in [0, 0.05) is 5.56 Å². The Bertz CT molecular complexity index is 437.